The van der Waals surface area contributed by atoms with Gasteiger partial charge in [0.2, 0.25) is 0 Å². The van der Waals surface area contributed by atoms with Crippen LogP contribution in [0.2, 0.25) is 18.1 Å². The molecule has 0 fully saturated rings. The minimum atomic E-state index is -2.27. The van der Waals surface area contributed by atoms with Gasteiger partial charge in [-0.05, 0) is 58.1 Å². The first-order valence-corrected chi connectivity index (χ1v) is 22.3. The van der Waals surface area contributed by atoms with Gasteiger partial charge in [0.15, 0.2) is 19.8 Å². The van der Waals surface area contributed by atoms with Crippen LogP contribution in [0.1, 0.15) is 60.3 Å². The van der Waals surface area contributed by atoms with Crippen molar-refractivity contribution in [1.29, 1.82) is 0 Å². The first kappa shape index (κ1) is 38.8. The molecule has 1 aliphatic rings. The van der Waals surface area contributed by atoms with Crippen molar-refractivity contribution in [2.45, 2.75) is 84.0 Å². The average molecular weight is 765 g/mol. The lowest BCUT2D eigenvalue weighted by Gasteiger charge is -2.43. The van der Waals surface area contributed by atoms with Gasteiger partial charge >= 0.3 is 0 Å². The van der Waals surface area contributed by atoms with Gasteiger partial charge < -0.3 is 28.1 Å². The molecule has 1 heterocycles. The molecule has 7 heteroatoms. The lowest BCUT2D eigenvalue weighted by molar-refractivity contribution is 0.0271. The molecule has 0 bridgehead atoms. The van der Waals surface area contributed by atoms with E-state index in [4.69, 9.17) is 28.1 Å². The number of ether oxygens (including phenoxy) is 5. The Hall–Kier alpha value is -5.50. The second-order valence-corrected chi connectivity index (χ2v) is 20.6. The van der Waals surface area contributed by atoms with Crippen LogP contribution in [0.5, 0.6) is 28.7 Å². The Labute approximate surface area is 333 Å². The van der Waals surface area contributed by atoms with E-state index in [1.165, 1.54) is 0 Å². The summed E-state index contributed by atoms with van der Waals surface area (Å²) in [6.07, 6.45) is -0.135. The van der Waals surface area contributed by atoms with E-state index in [-0.39, 0.29) is 11.1 Å². The second-order valence-electron chi connectivity index (χ2n) is 15.9. The number of hydrogen-bond acceptors (Lipinski definition) is 6. The molecule has 6 nitrogen and oxygen atoms in total. The number of hydrogen-bond donors (Lipinski definition) is 0. The van der Waals surface area contributed by atoms with Gasteiger partial charge in [-0.1, -0.05) is 148 Å². The molecule has 0 unspecified atom stereocenters. The van der Waals surface area contributed by atoms with Crippen molar-refractivity contribution in [3.05, 3.63) is 185 Å². The SMILES string of the molecule is CC(C)(C)[Si](C)(C)O[C@H]1Cc2c(OCc3ccccc3)cc(OCc3ccccc3)cc2O[C@@H]1c1ccc(OCc2ccccc2)c(OCc2ccccc2)c1. The molecule has 0 N–H and O–H groups in total. The highest BCUT2D eigenvalue weighted by molar-refractivity contribution is 6.74. The first-order chi connectivity index (χ1) is 27.1. The van der Waals surface area contributed by atoms with E-state index in [0.717, 1.165) is 44.9 Å². The Morgan fingerprint density at radius 1 is 0.536 bits per heavy atom. The standard InChI is InChI=1S/C49H52O6Si/c1-49(2,3)56(4,5)55-47-31-42-44(52-34-38-22-14-8-15-23-38)29-41(50-32-36-18-10-6-11-19-36)30-45(42)54-48(47)40-26-27-43(51-33-37-20-12-7-13-21-37)46(28-40)53-35-39-24-16-9-17-25-39/h6-30,47-48H,31-35H2,1-5H3/t47-,48+/m0/s1. The maximum absolute atomic E-state index is 7.28. The van der Waals surface area contributed by atoms with Gasteiger partial charge in [0, 0.05) is 24.1 Å². The monoisotopic (exact) mass is 764 g/mol. The quantitative estimate of drug-likeness (QED) is 0.0971. The fourth-order valence-electron chi connectivity index (χ4n) is 6.46. The lowest BCUT2D eigenvalue weighted by Crippen LogP contribution is -2.47. The highest BCUT2D eigenvalue weighted by atomic mass is 28.4. The normalized spacial score (nSPS) is 15.3. The van der Waals surface area contributed by atoms with Gasteiger partial charge in [-0.3, -0.25) is 0 Å². The Bertz CT molecular complexity index is 2150. The smallest absolute Gasteiger partial charge is 0.192 e. The Morgan fingerprint density at radius 3 is 1.50 bits per heavy atom. The fourth-order valence-corrected chi connectivity index (χ4v) is 7.77. The van der Waals surface area contributed by atoms with E-state index in [1.807, 2.05) is 91.0 Å². The molecule has 0 aliphatic carbocycles. The Balaban J connectivity index is 1.26. The van der Waals surface area contributed by atoms with Crippen LogP contribution in [0.3, 0.4) is 0 Å². The summed E-state index contributed by atoms with van der Waals surface area (Å²) in [5, 5.41) is -0.0152. The van der Waals surface area contributed by atoms with Crippen molar-refractivity contribution in [2.75, 3.05) is 0 Å². The first-order valence-electron chi connectivity index (χ1n) is 19.4. The Kier molecular flexibility index (Phi) is 12.1. The van der Waals surface area contributed by atoms with E-state index in [0.29, 0.717) is 50.1 Å². The number of rotatable bonds is 15. The van der Waals surface area contributed by atoms with Crippen LogP contribution in [0.4, 0.5) is 0 Å². The molecule has 0 saturated carbocycles. The highest BCUT2D eigenvalue weighted by Gasteiger charge is 2.44. The van der Waals surface area contributed by atoms with E-state index in [1.54, 1.807) is 0 Å². The van der Waals surface area contributed by atoms with Crippen LogP contribution in [-0.4, -0.2) is 14.4 Å². The fraction of sp³-hybridized carbons (Fsp3) is 0.265. The lowest BCUT2D eigenvalue weighted by atomic mass is 9.93. The summed E-state index contributed by atoms with van der Waals surface area (Å²) < 4.78 is 40.3. The molecule has 2 atom stereocenters. The molecule has 6 aromatic carbocycles. The van der Waals surface area contributed by atoms with Gasteiger partial charge in [-0.15, -0.1) is 0 Å². The van der Waals surface area contributed by atoms with Crippen molar-refractivity contribution in [2.24, 2.45) is 0 Å². The minimum Gasteiger partial charge on any atom is -0.489 e. The van der Waals surface area contributed by atoms with Crippen LogP contribution >= 0.6 is 0 Å². The van der Waals surface area contributed by atoms with Crippen molar-refractivity contribution in [3.63, 3.8) is 0 Å². The van der Waals surface area contributed by atoms with Gasteiger partial charge in [-0.25, -0.2) is 0 Å². The minimum absolute atomic E-state index is 0.0152. The molecular formula is C49H52O6Si. The van der Waals surface area contributed by atoms with E-state index in [2.05, 4.69) is 94.5 Å². The molecule has 0 amide bonds. The molecule has 0 radical (unpaired) electrons. The predicted molar refractivity (Wildman–Crippen MR) is 225 cm³/mol. The summed E-state index contributed by atoms with van der Waals surface area (Å²) in [4.78, 5) is 0. The summed E-state index contributed by atoms with van der Waals surface area (Å²) in [6, 6.07) is 50.8. The highest BCUT2D eigenvalue weighted by Crippen LogP contribution is 2.48. The molecule has 0 saturated heterocycles. The van der Waals surface area contributed by atoms with Gasteiger partial charge in [0.05, 0.1) is 6.10 Å². The zero-order valence-corrected chi connectivity index (χ0v) is 34.1. The maximum atomic E-state index is 7.28. The van der Waals surface area contributed by atoms with Crippen LogP contribution in [0.15, 0.2) is 152 Å². The van der Waals surface area contributed by atoms with Gasteiger partial charge in [0.1, 0.15) is 49.8 Å². The van der Waals surface area contributed by atoms with Crippen molar-refractivity contribution < 1.29 is 28.1 Å². The van der Waals surface area contributed by atoms with E-state index in [9.17, 15) is 0 Å². The third kappa shape index (κ3) is 9.83. The van der Waals surface area contributed by atoms with E-state index < -0.39 is 14.4 Å². The second kappa shape index (κ2) is 17.5. The molecule has 0 spiro atoms. The number of benzene rings is 6. The predicted octanol–water partition coefficient (Wildman–Crippen LogP) is 12.1. The summed E-state index contributed by atoms with van der Waals surface area (Å²) in [5.74, 6) is 3.44. The molecular weight excluding hydrogens is 713 g/mol. The van der Waals surface area contributed by atoms with Gasteiger partial charge in [-0.2, -0.15) is 0 Å². The molecule has 288 valence electrons. The summed E-state index contributed by atoms with van der Waals surface area (Å²) >= 11 is 0. The van der Waals surface area contributed by atoms with E-state index >= 15 is 0 Å². The summed E-state index contributed by atoms with van der Waals surface area (Å²) in [6.45, 7) is 13.0. The number of fused-ring (bicyclic) bond motifs is 1. The third-order valence-corrected chi connectivity index (χ3v) is 15.2. The molecule has 1 aliphatic heterocycles. The average Bonchev–Trinajstić information content (AvgIpc) is 3.21. The zero-order chi connectivity index (χ0) is 39.0. The Morgan fingerprint density at radius 2 is 1.00 bits per heavy atom. The van der Waals surface area contributed by atoms with Crippen LogP contribution in [0, 0.1) is 0 Å². The molecule has 0 aromatic heterocycles. The zero-order valence-electron chi connectivity index (χ0n) is 33.1. The molecule has 6 aromatic rings. The molecule has 56 heavy (non-hydrogen) atoms. The third-order valence-electron chi connectivity index (χ3n) is 10.6. The molecule has 7 rings (SSSR count). The van der Waals surface area contributed by atoms with Crippen molar-refractivity contribution >= 4 is 8.32 Å². The maximum Gasteiger partial charge on any atom is 0.192 e. The summed E-state index contributed by atoms with van der Waals surface area (Å²) in [7, 11) is -2.27. The van der Waals surface area contributed by atoms with Crippen molar-refractivity contribution in [3.8, 4) is 28.7 Å². The van der Waals surface area contributed by atoms with Crippen molar-refractivity contribution in [1.82, 2.24) is 0 Å². The van der Waals surface area contributed by atoms with Crippen LogP contribution < -0.4 is 23.7 Å². The van der Waals surface area contributed by atoms with Crippen LogP contribution in [0.25, 0.3) is 0 Å². The largest absolute Gasteiger partial charge is 0.489 e. The van der Waals surface area contributed by atoms with Crippen LogP contribution in [-0.2, 0) is 37.3 Å². The van der Waals surface area contributed by atoms with Gasteiger partial charge in [0.25, 0.3) is 0 Å². The summed E-state index contributed by atoms with van der Waals surface area (Å²) in [5.41, 5.74) is 6.22. The topological polar surface area (TPSA) is 55.4 Å².